The van der Waals surface area contributed by atoms with Gasteiger partial charge in [-0.2, -0.15) is 0 Å². The van der Waals surface area contributed by atoms with Gasteiger partial charge in [0.05, 0.1) is 20.3 Å². The van der Waals surface area contributed by atoms with Crippen molar-refractivity contribution < 1.29 is 10.2 Å². The second-order valence-electron chi connectivity index (χ2n) is 5.66. The van der Waals surface area contributed by atoms with Gasteiger partial charge in [0.2, 0.25) is 0 Å². The highest BCUT2D eigenvalue weighted by Gasteiger charge is 2.07. The lowest BCUT2D eigenvalue weighted by atomic mass is 10.2. The van der Waals surface area contributed by atoms with E-state index in [0.29, 0.717) is 31.4 Å². The Hall–Kier alpha value is -1.48. The molecule has 0 spiro atoms. The summed E-state index contributed by atoms with van der Waals surface area (Å²) in [5, 5.41) is 20.4. The highest BCUT2D eigenvalue weighted by molar-refractivity contribution is 9.11. The van der Waals surface area contributed by atoms with Crippen LogP contribution in [0.25, 0.3) is 0 Å². The molecule has 3 aromatic rings. The van der Waals surface area contributed by atoms with Crippen LogP contribution in [0.5, 0.6) is 11.5 Å². The first-order valence-corrected chi connectivity index (χ1v) is 11.1. The molecule has 3 aromatic carbocycles. The first-order chi connectivity index (χ1) is 13.3. The van der Waals surface area contributed by atoms with Crippen LogP contribution in [0.2, 0.25) is 0 Å². The van der Waals surface area contributed by atoms with Crippen molar-refractivity contribution in [2.75, 3.05) is 0 Å². The minimum absolute atomic E-state index is 0.108. The van der Waals surface area contributed by atoms with Gasteiger partial charge in [0, 0.05) is 32.5 Å². The molecule has 0 aliphatic rings. The van der Waals surface area contributed by atoms with Gasteiger partial charge in [-0.05, 0) is 68.3 Å². The van der Waals surface area contributed by atoms with Crippen molar-refractivity contribution in [1.82, 2.24) is 0 Å². The monoisotopic (exact) mass is 628 g/mol. The average molecular weight is 632 g/mol. The molecule has 0 saturated carbocycles. The number of phenolic OH excluding ortho intramolecular Hbond substituents is 2. The molecule has 3 rings (SSSR count). The molecular formula is C20H12Br4N2O2. The molecule has 0 heterocycles. The Bertz CT molecular complexity index is 1010. The van der Waals surface area contributed by atoms with E-state index in [-0.39, 0.29) is 11.5 Å². The predicted octanol–water partition coefficient (Wildman–Crippen LogP) is 7.65. The van der Waals surface area contributed by atoms with E-state index in [1.807, 2.05) is 24.3 Å². The van der Waals surface area contributed by atoms with Crippen LogP contribution in [0.1, 0.15) is 11.1 Å². The third-order valence-electron chi connectivity index (χ3n) is 3.68. The van der Waals surface area contributed by atoms with Gasteiger partial charge in [-0.3, -0.25) is 9.98 Å². The van der Waals surface area contributed by atoms with Gasteiger partial charge in [-0.25, -0.2) is 0 Å². The smallest absolute Gasteiger partial charge is 0.138 e. The van der Waals surface area contributed by atoms with E-state index >= 15 is 0 Å². The van der Waals surface area contributed by atoms with Crippen LogP contribution < -0.4 is 0 Å². The zero-order valence-electron chi connectivity index (χ0n) is 14.1. The van der Waals surface area contributed by atoms with Crippen molar-refractivity contribution in [3.8, 4) is 11.5 Å². The molecular weight excluding hydrogens is 620 g/mol. The van der Waals surface area contributed by atoms with E-state index in [1.165, 1.54) is 0 Å². The van der Waals surface area contributed by atoms with Gasteiger partial charge in [0.15, 0.2) is 0 Å². The van der Waals surface area contributed by atoms with Crippen LogP contribution in [0, 0.1) is 0 Å². The largest absolute Gasteiger partial charge is 0.506 e. The molecule has 0 bridgehead atoms. The maximum Gasteiger partial charge on any atom is 0.138 e. The van der Waals surface area contributed by atoms with Crippen molar-refractivity contribution in [2.45, 2.75) is 0 Å². The topological polar surface area (TPSA) is 65.2 Å². The van der Waals surface area contributed by atoms with Crippen molar-refractivity contribution in [1.29, 1.82) is 0 Å². The summed E-state index contributed by atoms with van der Waals surface area (Å²) in [4.78, 5) is 8.94. The first kappa shape index (κ1) is 21.2. The maximum atomic E-state index is 10.2. The zero-order valence-corrected chi connectivity index (χ0v) is 20.4. The highest BCUT2D eigenvalue weighted by Crippen LogP contribution is 2.34. The van der Waals surface area contributed by atoms with Crippen LogP contribution in [0.4, 0.5) is 11.4 Å². The minimum Gasteiger partial charge on any atom is -0.506 e. The molecule has 0 aliphatic heterocycles. The van der Waals surface area contributed by atoms with E-state index in [4.69, 9.17) is 0 Å². The van der Waals surface area contributed by atoms with Crippen LogP contribution in [0.15, 0.2) is 76.4 Å². The van der Waals surface area contributed by atoms with Gasteiger partial charge in [0.25, 0.3) is 0 Å². The number of aliphatic imine (C=N–C) groups is 2. The molecule has 0 saturated heterocycles. The van der Waals surface area contributed by atoms with Crippen LogP contribution in [0.3, 0.4) is 0 Å². The number of para-hydroxylation sites is 2. The molecule has 28 heavy (non-hydrogen) atoms. The molecule has 0 fully saturated rings. The first-order valence-electron chi connectivity index (χ1n) is 7.88. The fourth-order valence-corrected chi connectivity index (χ4v) is 4.85. The zero-order chi connectivity index (χ0) is 20.3. The average Bonchev–Trinajstić information content (AvgIpc) is 2.65. The number of hydrogen-bond acceptors (Lipinski definition) is 4. The molecule has 0 aromatic heterocycles. The Morgan fingerprint density at radius 2 is 1.04 bits per heavy atom. The highest BCUT2D eigenvalue weighted by atomic mass is 79.9. The molecule has 0 atom stereocenters. The molecule has 142 valence electrons. The van der Waals surface area contributed by atoms with E-state index < -0.39 is 0 Å². The number of halogens is 4. The summed E-state index contributed by atoms with van der Waals surface area (Å²) in [5.74, 6) is 0.216. The van der Waals surface area contributed by atoms with Crippen molar-refractivity contribution in [2.24, 2.45) is 9.98 Å². The summed E-state index contributed by atoms with van der Waals surface area (Å²) in [7, 11) is 0. The van der Waals surface area contributed by atoms with E-state index in [0.717, 1.165) is 8.95 Å². The van der Waals surface area contributed by atoms with Crippen molar-refractivity contribution in [3.05, 3.63) is 77.5 Å². The van der Waals surface area contributed by atoms with Crippen molar-refractivity contribution in [3.63, 3.8) is 0 Å². The Morgan fingerprint density at radius 3 is 1.43 bits per heavy atom. The summed E-state index contributed by atoms with van der Waals surface area (Å²) >= 11 is 13.4. The predicted molar refractivity (Wildman–Crippen MR) is 128 cm³/mol. The van der Waals surface area contributed by atoms with E-state index in [1.54, 1.807) is 36.7 Å². The van der Waals surface area contributed by atoms with Gasteiger partial charge in [0.1, 0.15) is 11.5 Å². The summed E-state index contributed by atoms with van der Waals surface area (Å²) in [6.07, 6.45) is 3.15. The summed E-state index contributed by atoms with van der Waals surface area (Å²) < 4.78 is 2.79. The SMILES string of the molecule is Oc1c(Br)cc(Br)cc1C=Nc1ccccc1N=Cc1cc(Br)cc(Br)c1O. The van der Waals surface area contributed by atoms with Gasteiger partial charge < -0.3 is 10.2 Å². The number of hydrogen-bond donors (Lipinski definition) is 2. The van der Waals surface area contributed by atoms with Gasteiger partial charge >= 0.3 is 0 Å². The van der Waals surface area contributed by atoms with Gasteiger partial charge in [-0.15, -0.1) is 0 Å². The Labute approximate surface area is 195 Å². The van der Waals surface area contributed by atoms with Crippen LogP contribution in [-0.4, -0.2) is 22.6 Å². The second-order valence-corrected chi connectivity index (χ2v) is 9.20. The molecule has 0 aliphatic carbocycles. The number of aromatic hydroxyl groups is 2. The molecule has 0 radical (unpaired) electrons. The molecule has 0 amide bonds. The lowest BCUT2D eigenvalue weighted by molar-refractivity contribution is 0.470. The molecule has 8 heteroatoms. The summed E-state index contributed by atoms with van der Waals surface area (Å²) in [6, 6.07) is 14.4. The normalized spacial score (nSPS) is 11.6. The van der Waals surface area contributed by atoms with Crippen LogP contribution >= 0.6 is 63.7 Å². The molecule has 4 nitrogen and oxygen atoms in total. The quantitative estimate of drug-likeness (QED) is 0.291. The second kappa shape index (κ2) is 9.35. The number of rotatable bonds is 4. The summed E-state index contributed by atoms with van der Waals surface area (Å²) in [6.45, 7) is 0. The fraction of sp³-hybridized carbons (Fsp3) is 0. The maximum absolute atomic E-state index is 10.2. The number of phenols is 2. The minimum atomic E-state index is 0.108. The van der Waals surface area contributed by atoms with E-state index in [2.05, 4.69) is 73.7 Å². The Morgan fingerprint density at radius 1 is 0.643 bits per heavy atom. The fourth-order valence-electron chi connectivity index (χ4n) is 2.33. The third-order valence-corrected chi connectivity index (χ3v) is 5.81. The standard InChI is InChI=1S/C20H12Br4N2O2/c21-13-5-11(19(27)15(23)7-13)9-25-17-3-1-2-4-18(17)26-10-12-6-14(22)8-16(24)20(12)28/h1-10,27-28H. The molecule has 2 N–H and O–H groups in total. The summed E-state index contributed by atoms with van der Waals surface area (Å²) in [5.41, 5.74) is 2.38. The lowest BCUT2D eigenvalue weighted by Crippen LogP contribution is -1.85. The van der Waals surface area contributed by atoms with Gasteiger partial charge in [-0.1, -0.05) is 44.0 Å². The number of nitrogens with zero attached hydrogens (tertiary/aromatic N) is 2. The number of benzene rings is 3. The van der Waals surface area contributed by atoms with Crippen LogP contribution in [-0.2, 0) is 0 Å². The Kier molecular flexibility index (Phi) is 7.09. The van der Waals surface area contributed by atoms with E-state index in [9.17, 15) is 10.2 Å². The van der Waals surface area contributed by atoms with Crippen molar-refractivity contribution >= 4 is 87.5 Å². The lowest BCUT2D eigenvalue weighted by Gasteiger charge is -2.05. The molecule has 0 unspecified atom stereocenters. The third kappa shape index (κ3) is 5.11. The Balaban J connectivity index is 1.95.